The minimum absolute atomic E-state index is 0.00724. The zero-order chi connectivity index (χ0) is 14.9. The smallest absolute Gasteiger partial charge is 0.247 e. The molecule has 0 aliphatic heterocycles. The Bertz CT molecular complexity index is 765. The summed E-state index contributed by atoms with van der Waals surface area (Å²) in [6, 6.07) is 9.76. The first-order chi connectivity index (χ1) is 10.8. The van der Waals surface area contributed by atoms with Crippen LogP contribution in [-0.2, 0) is 0 Å². The van der Waals surface area contributed by atoms with Gasteiger partial charge in [0.05, 0.1) is 5.25 Å². The number of hydrogen-bond donors (Lipinski definition) is 1. The average Bonchev–Trinajstić information content (AvgIpc) is 3.10. The zero-order valence-electron chi connectivity index (χ0n) is 12.1. The van der Waals surface area contributed by atoms with Crippen LogP contribution < -0.4 is 0 Å². The van der Waals surface area contributed by atoms with Gasteiger partial charge in [-0.15, -0.1) is 15.3 Å². The van der Waals surface area contributed by atoms with Crippen molar-refractivity contribution in [1.82, 2.24) is 25.4 Å². The molecule has 1 aliphatic rings. The molecule has 1 fully saturated rings. The van der Waals surface area contributed by atoms with E-state index in [0.717, 1.165) is 16.5 Å². The van der Waals surface area contributed by atoms with Crippen molar-refractivity contribution in [3.63, 3.8) is 0 Å². The van der Waals surface area contributed by atoms with E-state index in [2.05, 4.69) is 25.4 Å². The summed E-state index contributed by atoms with van der Waals surface area (Å²) in [5, 5.41) is 16.2. The molecule has 0 radical (unpaired) electrons. The Balaban J connectivity index is 1.48. The number of hydrogen-bond acceptors (Lipinski definition) is 6. The molecule has 7 heteroatoms. The number of nitrogens with zero attached hydrogens (tertiary/aromatic N) is 4. The van der Waals surface area contributed by atoms with Crippen LogP contribution in [0.1, 0.15) is 42.6 Å². The molecule has 22 heavy (non-hydrogen) atoms. The molecule has 4 rings (SSSR count). The van der Waals surface area contributed by atoms with E-state index in [4.69, 9.17) is 4.42 Å². The van der Waals surface area contributed by atoms with Crippen LogP contribution in [0.25, 0.3) is 11.5 Å². The van der Waals surface area contributed by atoms with Gasteiger partial charge in [-0.3, -0.25) is 5.10 Å². The van der Waals surface area contributed by atoms with E-state index >= 15 is 0 Å². The van der Waals surface area contributed by atoms with E-state index in [9.17, 15) is 0 Å². The van der Waals surface area contributed by atoms with Gasteiger partial charge in [0.1, 0.15) is 5.82 Å². The Labute approximate surface area is 131 Å². The van der Waals surface area contributed by atoms with E-state index in [0.29, 0.717) is 17.7 Å². The third-order valence-corrected chi connectivity index (χ3v) is 4.49. The molecule has 1 unspecified atom stereocenters. The Morgan fingerprint density at radius 2 is 2.05 bits per heavy atom. The van der Waals surface area contributed by atoms with Gasteiger partial charge in [0.25, 0.3) is 0 Å². The number of nitrogens with one attached hydrogen (secondary N) is 1. The molecule has 3 aromatic rings. The molecule has 2 aromatic heterocycles. The van der Waals surface area contributed by atoms with Crippen molar-refractivity contribution in [1.29, 1.82) is 0 Å². The maximum absolute atomic E-state index is 5.76. The average molecular weight is 313 g/mol. The van der Waals surface area contributed by atoms with Crippen molar-refractivity contribution >= 4 is 11.8 Å². The normalized spacial score (nSPS) is 15.9. The van der Waals surface area contributed by atoms with Gasteiger partial charge in [-0.1, -0.05) is 30.0 Å². The molecule has 0 spiro atoms. The Kier molecular flexibility index (Phi) is 3.42. The second kappa shape index (κ2) is 5.57. The van der Waals surface area contributed by atoms with E-state index in [-0.39, 0.29) is 5.25 Å². The number of thioether (sulfide) groups is 1. The van der Waals surface area contributed by atoms with Crippen LogP contribution in [0.2, 0.25) is 0 Å². The summed E-state index contributed by atoms with van der Waals surface area (Å²) in [5.41, 5.74) is 0.923. The van der Waals surface area contributed by atoms with Crippen LogP contribution in [0.15, 0.2) is 39.9 Å². The van der Waals surface area contributed by atoms with Crippen LogP contribution in [0.3, 0.4) is 0 Å². The van der Waals surface area contributed by atoms with Gasteiger partial charge < -0.3 is 4.42 Å². The molecule has 0 saturated heterocycles. The fourth-order valence-electron chi connectivity index (χ4n) is 2.15. The van der Waals surface area contributed by atoms with Gasteiger partial charge in [-0.2, -0.15) is 0 Å². The van der Waals surface area contributed by atoms with E-state index in [1.54, 1.807) is 0 Å². The molecule has 6 nitrogen and oxygen atoms in total. The lowest BCUT2D eigenvalue weighted by Crippen LogP contribution is -1.89. The highest BCUT2D eigenvalue weighted by molar-refractivity contribution is 7.99. The second-order valence-electron chi connectivity index (χ2n) is 5.35. The van der Waals surface area contributed by atoms with E-state index < -0.39 is 0 Å². The molecule has 0 bridgehead atoms. The summed E-state index contributed by atoms with van der Waals surface area (Å²) in [6.45, 7) is 2.01. The summed E-state index contributed by atoms with van der Waals surface area (Å²) in [4.78, 5) is 4.51. The SMILES string of the molecule is CC(Sc1n[nH]c(C2CC2)n1)c1nnc(-c2ccccc2)o1. The Morgan fingerprint density at radius 3 is 2.82 bits per heavy atom. The lowest BCUT2D eigenvalue weighted by molar-refractivity contribution is 0.509. The number of aromatic amines is 1. The molecule has 112 valence electrons. The zero-order valence-corrected chi connectivity index (χ0v) is 12.9. The van der Waals surface area contributed by atoms with Gasteiger partial charge in [0.2, 0.25) is 16.9 Å². The Morgan fingerprint density at radius 1 is 1.23 bits per heavy atom. The minimum Gasteiger partial charge on any atom is -0.419 e. The van der Waals surface area contributed by atoms with Gasteiger partial charge in [0, 0.05) is 11.5 Å². The van der Waals surface area contributed by atoms with Gasteiger partial charge in [0.15, 0.2) is 0 Å². The van der Waals surface area contributed by atoms with Crippen molar-refractivity contribution in [2.45, 2.75) is 36.1 Å². The lowest BCUT2D eigenvalue weighted by Gasteiger charge is -2.01. The topological polar surface area (TPSA) is 80.5 Å². The molecule has 1 aromatic carbocycles. The third-order valence-electron chi connectivity index (χ3n) is 3.54. The predicted octanol–water partition coefficient (Wildman–Crippen LogP) is 3.59. The number of rotatable bonds is 5. The molecular weight excluding hydrogens is 298 g/mol. The molecule has 1 saturated carbocycles. The highest BCUT2D eigenvalue weighted by Crippen LogP contribution is 2.39. The lowest BCUT2D eigenvalue weighted by atomic mass is 10.2. The maximum atomic E-state index is 5.76. The maximum Gasteiger partial charge on any atom is 0.247 e. The second-order valence-corrected chi connectivity index (χ2v) is 6.66. The summed E-state index contributed by atoms with van der Waals surface area (Å²) in [5.74, 6) is 2.69. The molecular formula is C15H15N5OS. The largest absolute Gasteiger partial charge is 0.419 e. The summed E-state index contributed by atoms with van der Waals surface area (Å²) >= 11 is 1.52. The number of H-pyrrole nitrogens is 1. The van der Waals surface area contributed by atoms with Gasteiger partial charge in [-0.05, 0) is 31.9 Å². The number of aromatic nitrogens is 5. The Hall–Kier alpha value is -2.15. The fourth-order valence-corrected chi connectivity index (χ4v) is 2.92. The quantitative estimate of drug-likeness (QED) is 0.725. The first-order valence-electron chi connectivity index (χ1n) is 7.27. The molecule has 2 heterocycles. The van der Waals surface area contributed by atoms with Gasteiger partial charge >= 0.3 is 0 Å². The molecule has 1 atom stereocenters. The van der Waals surface area contributed by atoms with Crippen molar-refractivity contribution in [3.05, 3.63) is 42.0 Å². The van der Waals surface area contributed by atoms with Crippen molar-refractivity contribution in [3.8, 4) is 11.5 Å². The summed E-state index contributed by atoms with van der Waals surface area (Å²) in [6.07, 6.45) is 2.41. The van der Waals surface area contributed by atoms with Crippen LogP contribution >= 0.6 is 11.8 Å². The fraction of sp³-hybridized carbons (Fsp3) is 0.333. The van der Waals surface area contributed by atoms with Crippen LogP contribution in [0.5, 0.6) is 0 Å². The summed E-state index contributed by atoms with van der Waals surface area (Å²) < 4.78 is 5.76. The first kappa shape index (κ1) is 13.5. The summed E-state index contributed by atoms with van der Waals surface area (Å²) in [7, 11) is 0. The third kappa shape index (κ3) is 2.76. The van der Waals surface area contributed by atoms with Crippen molar-refractivity contribution in [2.24, 2.45) is 0 Å². The first-order valence-corrected chi connectivity index (χ1v) is 8.15. The molecule has 0 amide bonds. The highest BCUT2D eigenvalue weighted by atomic mass is 32.2. The van der Waals surface area contributed by atoms with Crippen molar-refractivity contribution < 1.29 is 4.42 Å². The molecule has 1 N–H and O–H groups in total. The number of benzene rings is 1. The van der Waals surface area contributed by atoms with E-state index in [1.165, 1.54) is 24.6 Å². The monoisotopic (exact) mass is 313 g/mol. The van der Waals surface area contributed by atoms with Crippen molar-refractivity contribution in [2.75, 3.05) is 0 Å². The van der Waals surface area contributed by atoms with Gasteiger partial charge in [-0.25, -0.2) is 4.98 Å². The highest BCUT2D eigenvalue weighted by Gasteiger charge is 2.28. The minimum atomic E-state index is 0.00724. The van der Waals surface area contributed by atoms with Crippen LogP contribution in [0, 0.1) is 0 Å². The van der Waals surface area contributed by atoms with Crippen LogP contribution in [-0.4, -0.2) is 25.4 Å². The standard InChI is InChI=1S/C15H15N5OS/c1-9(22-15-16-12(17-20-15)10-7-8-10)13-18-19-14(21-13)11-5-3-2-4-6-11/h2-6,9-10H,7-8H2,1H3,(H,16,17,20). The molecule has 1 aliphatic carbocycles. The predicted molar refractivity (Wildman–Crippen MR) is 82.4 cm³/mol. The van der Waals surface area contributed by atoms with Crippen LogP contribution in [0.4, 0.5) is 0 Å². The van der Waals surface area contributed by atoms with E-state index in [1.807, 2.05) is 37.3 Å².